The minimum absolute atomic E-state index is 0. The lowest BCUT2D eigenvalue weighted by atomic mass is 9.92. The fourth-order valence-electron chi connectivity index (χ4n) is 2.77. The van der Waals surface area contributed by atoms with Gasteiger partial charge >= 0.3 is 0 Å². The second-order valence-electron chi connectivity index (χ2n) is 6.40. The smallest absolute Gasteiger partial charge is 0.193 e. The Hall–Kier alpha value is -0.0400. The third-order valence-electron chi connectivity index (χ3n) is 4.01. The fraction of sp³-hybridized carbons (Fsp3) is 0.933. The van der Waals surface area contributed by atoms with E-state index in [1.165, 1.54) is 6.42 Å². The topological polar surface area (TPSA) is 30.9 Å². The van der Waals surface area contributed by atoms with Crippen LogP contribution < -0.4 is 5.32 Å². The van der Waals surface area contributed by atoms with Gasteiger partial charge in [-0.15, -0.1) is 24.0 Å². The normalized spacial score (nSPS) is 24.0. The average molecular weight is 396 g/mol. The van der Waals surface area contributed by atoms with E-state index in [1.54, 1.807) is 0 Å². The van der Waals surface area contributed by atoms with Gasteiger partial charge in [0.2, 0.25) is 0 Å². The first-order valence-corrected chi connectivity index (χ1v) is 7.59. The molecule has 0 spiro atoms. The van der Waals surface area contributed by atoms with Gasteiger partial charge in [-0.1, -0.05) is 13.8 Å². The molecule has 1 saturated heterocycles. The maximum Gasteiger partial charge on any atom is 0.193 e. The van der Waals surface area contributed by atoms with E-state index in [9.17, 15) is 0 Å². The van der Waals surface area contributed by atoms with Gasteiger partial charge in [-0.25, -0.2) is 0 Å². The van der Waals surface area contributed by atoms with E-state index >= 15 is 0 Å². The highest BCUT2D eigenvalue weighted by atomic mass is 127. The number of hydrogen-bond acceptors (Lipinski definition) is 2. The van der Waals surface area contributed by atoms with Crippen LogP contribution in [0.4, 0.5) is 0 Å². The Morgan fingerprint density at radius 3 is 2.30 bits per heavy atom. The Labute approximate surface area is 142 Å². The van der Waals surface area contributed by atoms with Crippen molar-refractivity contribution in [2.75, 3.05) is 40.3 Å². The van der Waals surface area contributed by atoms with Crippen molar-refractivity contribution in [3.8, 4) is 0 Å². The molecule has 4 nitrogen and oxygen atoms in total. The first kappa shape index (κ1) is 20.0. The number of guanidine groups is 1. The summed E-state index contributed by atoms with van der Waals surface area (Å²) in [5, 5.41) is 3.50. The third kappa shape index (κ3) is 6.61. The second kappa shape index (κ2) is 9.82. The van der Waals surface area contributed by atoms with Crippen LogP contribution in [0, 0.1) is 11.8 Å². The fourth-order valence-corrected chi connectivity index (χ4v) is 2.77. The molecule has 1 aliphatic rings. The van der Waals surface area contributed by atoms with Gasteiger partial charge < -0.3 is 15.1 Å². The van der Waals surface area contributed by atoms with Crippen molar-refractivity contribution in [2.45, 2.75) is 40.2 Å². The molecule has 1 fully saturated rings. The number of piperidine rings is 1. The molecule has 0 bridgehead atoms. The molecular weight excluding hydrogens is 363 g/mol. The molecule has 2 unspecified atom stereocenters. The minimum Gasteiger partial charge on any atom is -0.355 e. The maximum atomic E-state index is 4.44. The molecule has 0 radical (unpaired) electrons. The highest BCUT2D eigenvalue weighted by Gasteiger charge is 2.23. The van der Waals surface area contributed by atoms with Crippen molar-refractivity contribution in [1.29, 1.82) is 0 Å². The second-order valence-corrected chi connectivity index (χ2v) is 6.40. The predicted octanol–water partition coefficient (Wildman–Crippen LogP) is 2.50. The molecule has 0 aromatic heterocycles. The number of likely N-dealkylation sites (N-methyl/N-ethyl adjacent to an activating group) is 1. The number of rotatable bonds is 4. The molecule has 1 N–H and O–H groups in total. The number of nitrogens with zero attached hydrogens (tertiary/aromatic N) is 3. The van der Waals surface area contributed by atoms with Crippen molar-refractivity contribution >= 4 is 29.9 Å². The van der Waals surface area contributed by atoms with Crippen LogP contribution in [0.3, 0.4) is 0 Å². The summed E-state index contributed by atoms with van der Waals surface area (Å²) in [6.45, 7) is 13.4. The van der Waals surface area contributed by atoms with E-state index in [0.717, 1.165) is 44.0 Å². The molecule has 20 heavy (non-hydrogen) atoms. The van der Waals surface area contributed by atoms with Crippen molar-refractivity contribution in [1.82, 2.24) is 15.1 Å². The molecule has 2 atom stereocenters. The quantitative estimate of drug-likeness (QED) is 0.450. The molecule has 0 amide bonds. The Bertz CT molecular complexity index is 284. The van der Waals surface area contributed by atoms with Crippen LogP contribution in [0.5, 0.6) is 0 Å². The summed E-state index contributed by atoms with van der Waals surface area (Å²) < 4.78 is 0. The van der Waals surface area contributed by atoms with Crippen LogP contribution in [0.2, 0.25) is 0 Å². The van der Waals surface area contributed by atoms with Gasteiger partial charge in [0.1, 0.15) is 0 Å². The van der Waals surface area contributed by atoms with Crippen LogP contribution >= 0.6 is 24.0 Å². The number of aliphatic imine (C=N–C) groups is 1. The minimum atomic E-state index is 0. The third-order valence-corrected chi connectivity index (χ3v) is 4.01. The van der Waals surface area contributed by atoms with Gasteiger partial charge in [0.05, 0.1) is 0 Å². The van der Waals surface area contributed by atoms with Crippen LogP contribution in [0.25, 0.3) is 0 Å². The van der Waals surface area contributed by atoms with Crippen molar-refractivity contribution < 1.29 is 0 Å². The SMILES string of the molecule is CN=C(NCCN(C)C(C)C)N1CC(C)CC(C)C1.I. The lowest BCUT2D eigenvalue weighted by Crippen LogP contribution is -2.49. The van der Waals surface area contributed by atoms with Gasteiger partial charge in [0, 0.05) is 39.3 Å². The zero-order valence-electron chi connectivity index (χ0n) is 14.0. The van der Waals surface area contributed by atoms with Crippen LogP contribution in [-0.2, 0) is 0 Å². The molecule has 0 aromatic rings. The molecule has 0 aromatic carbocycles. The number of halogens is 1. The van der Waals surface area contributed by atoms with E-state index in [1.807, 2.05) is 7.05 Å². The number of nitrogens with one attached hydrogen (secondary N) is 1. The summed E-state index contributed by atoms with van der Waals surface area (Å²) in [5.74, 6) is 2.59. The molecule has 0 saturated carbocycles. The molecular formula is C15H33IN4. The van der Waals surface area contributed by atoms with Crippen molar-refractivity contribution in [3.63, 3.8) is 0 Å². The van der Waals surface area contributed by atoms with Crippen molar-refractivity contribution in [2.24, 2.45) is 16.8 Å². The predicted molar refractivity (Wildman–Crippen MR) is 99.1 cm³/mol. The molecule has 1 rings (SSSR count). The van der Waals surface area contributed by atoms with E-state index < -0.39 is 0 Å². The first-order chi connectivity index (χ1) is 8.93. The van der Waals surface area contributed by atoms with Gasteiger partial charge in [-0.05, 0) is 39.2 Å². The van der Waals surface area contributed by atoms with Crippen LogP contribution in [-0.4, -0.2) is 62.1 Å². The van der Waals surface area contributed by atoms with Gasteiger partial charge in [0.15, 0.2) is 5.96 Å². The van der Waals surface area contributed by atoms with Gasteiger partial charge in [-0.2, -0.15) is 0 Å². The van der Waals surface area contributed by atoms with Gasteiger partial charge in [0.25, 0.3) is 0 Å². The van der Waals surface area contributed by atoms with E-state index in [-0.39, 0.29) is 24.0 Å². The molecule has 5 heteroatoms. The molecule has 1 heterocycles. The van der Waals surface area contributed by atoms with E-state index in [2.05, 4.69) is 54.9 Å². The summed E-state index contributed by atoms with van der Waals surface area (Å²) in [7, 11) is 4.05. The Balaban J connectivity index is 0.00000361. The summed E-state index contributed by atoms with van der Waals surface area (Å²) >= 11 is 0. The molecule has 1 aliphatic heterocycles. The van der Waals surface area contributed by atoms with Crippen LogP contribution in [0.1, 0.15) is 34.1 Å². The Morgan fingerprint density at radius 2 is 1.85 bits per heavy atom. The summed E-state index contributed by atoms with van der Waals surface area (Å²) in [5.41, 5.74) is 0. The Kier molecular flexibility index (Phi) is 9.80. The standard InChI is InChI=1S/C15H32N4.HI/c1-12(2)18(6)8-7-17-15(16-5)19-10-13(3)9-14(4)11-19;/h12-14H,7-11H2,1-6H3,(H,16,17);1H. The van der Waals surface area contributed by atoms with Crippen LogP contribution in [0.15, 0.2) is 4.99 Å². The first-order valence-electron chi connectivity index (χ1n) is 7.59. The molecule has 0 aliphatic carbocycles. The summed E-state index contributed by atoms with van der Waals surface area (Å²) in [4.78, 5) is 9.20. The lowest BCUT2D eigenvalue weighted by Gasteiger charge is -2.37. The maximum absolute atomic E-state index is 4.44. The van der Waals surface area contributed by atoms with E-state index in [0.29, 0.717) is 6.04 Å². The highest BCUT2D eigenvalue weighted by Crippen LogP contribution is 2.20. The van der Waals surface area contributed by atoms with E-state index in [4.69, 9.17) is 0 Å². The number of hydrogen-bond donors (Lipinski definition) is 1. The number of likely N-dealkylation sites (tertiary alicyclic amines) is 1. The summed E-state index contributed by atoms with van der Waals surface area (Å²) in [6, 6.07) is 0.596. The van der Waals surface area contributed by atoms with Gasteiger partial charge in [-0.3, -0.25) is 4.99 Å². The average Bonchev–Trinajstić information content (AvgIpc) is 2.32. The monoisotopic (exact) mass is 396 g/mol. The zero-order chi connectivity index (χ0) is 14.4. The lowest BCUT2D eigenvalue weighted by molar-refractivity contribution is 0.207. The summed E-state index contributed by atoms with van der Waals surface area (Å²) in [6.07, 6.45) is 1.34. The largest absolute Gasteiger partial charge is 0.355 e. The molecule has 120 valence electrons. The Morgan fingerprint density at radius 1 is 1.30 bits per heavy atom. The zero-order valence-corrected chi connectivity index (χ0v) is 16.3. The van der Waals surface area contributed by atoms with Crippen molar-refractivity contribution in [3.05, 3.63) is 0 Å². The highest BCUT2D eigenvalue weighted by molar-refractivity contribution is 14.0.